The fourth-order valence-electron chi connectivity index (χ4n) is 3.55. The molecule has 0 saturated carbocycles. The van der Waals surface area contributed by atoms with E-state index in [1.165, 1.54) is 0 Å². The van der Waals surface area contributed by atoms with Crippen molar-refractivity contribution >= 4 is 33.5 Å². The van der Waals surface area contributed by atoms with Crippen LogP contribution >= 0.6 is 11.3 Å². The number of nitrogens with zero attached hydrogens (tertiary/aromatic N) is 2. The standard InChI is InChI=1S/C22H22N2O3S/c1-26-16-10-11-19(27-2)15(14-16)9-12-21(25)24-13-5-7-18(24)22-23-17-6-3-4-8-20(17)28-22/h3-4,6,8-12,14,18H,5,7,13H2,1-2H3/b12-9+. The van der Waals surface area contributed by atoms with E-state index < -0.39 is 0 Å². The van der Waals surface area contributed by atoms with Gasteiger partial charge < -0.3 is 14.4 Å². The lowest BCUT2D eigenvalue weighted by atomic mass is 10.1. The molecule has 1 atom stereocenters. The largest absolute Gasteiger partial charge is 0.497 e. The third-order valence-corrected chi connectivity index (χ3v) is 6.11. The summed E-state index contributed by atoms with van der Waals surface area (Å²) < 4.78 is 11.8. The summed E-state index contributed by atoms with van der Waals surface area (Å²) in [5, 5.41) is 1.01. The number of fused-ring (bicyclic) bond motifs is 1. The molecule has 6 heteroatoms. The molecule has 0 N–H and O–H groups in total. The molecule has 3 aromatic rings. The summed E-state index contributed by atoms with van der Waals surface area (Å²) in [7, 11) is 3.23. The minimum Gasteiger partial charge on any atom is -0.497 e. The first kappa shape index (κ1) is 18.5. The number of hydrogen-bond acceptors (Lipinski definition) is 5. The molecule has 144 valence electrons. The van der Waals surface area contributed by atoms with Gasteiger partial charge in [-0.05, 0) is 49.2 Å². The van der Waals surface area contributed by atoms with Gasteiger partial charge in [0.15, 0.2) is 0 Å². The molecule has 1 aliphatic heterocycles. The minimum absolute atomic E-state index is 0.00775. The SMILES string of the molecule is COc1ccc(OC)c(/C=C/C(=O)N2CCCC2c2nc3ccccc3s2)c1. The normalized spacial score (nSPS) is 16.8. The van der Waals surface area contributed by atoms with Gasteiger partial charge in [-0.3, -0.25) is 4.79 Å². The lowest BCUT2D eigenvalue weighted by Crippen LogP contribution is -2.28. The number of carbonyl (C=O) groups is 1. The second kappa shape index (κ2) is 8.02. The quantitative estimate of drug-likeness (QED) is 0.589. The lowest BCUT2D eigenvalue weighted by molar-refractivity contribution is -0.126. The summed E-state index contributed by atoms with van der Waals surface area (Å²) in [6.07, 6.45) is 5.34. The van der Waals surface area contributed by atoms with Gasteiger partial charge in [0.2, 0.25) is 5.91 Å². The Morgan fingerprint density at radius 2 is 2.07 bits per heavy atom. The van der Waals surface area contributed by atoms with Crippen molar-refractivity contribution < 1.29 is 14.3 Å². The van der Waals surface area contributed by atoms with Crippen LogP contribution in [-0.2, 0) is 4.79 Å². The number of para-hydroxylation sites is 1. The molecular weight excluding hydrogens is 372 g/mol. The van der Waals surface area contributed by atoms with Crippen molar-refractivity contribution in [1.82, 2.24) is 9.88 Å². The van der Waals surface area contributed by atoms with Crippen molar-refractivity contribution in [2.45, 2.75) is 18.9 Å². The molecule has 1 fully saturated rings. The second-order valence-electron chi connectivity index (χ2n) is 6.65. The molecule has 1 aliphatic rings. The topological polar surface area (TPSA) is 51.7 Å². The van der Waals surface area contributed by atoms with Crippen LogP contribution < -0.4 is 9.47 Å². The zero-order valence-corrected chi connectivity index (χ0v) is 16.7. The molecule has 0 radical (unpaired) electrons. The maximum Gasteiger partial charge on any atom is 0.247 e. The van der Waals surface area contributed by atoms with Crippen LogP contribution in [0.1, 0.15) is 29.5 Å². The van der Waals surface area contributed by atoms with Gasteiger partial charge in [0.05, 0.1) is 30.5 Å². The average molecular weight is 394 g/mol. The van der Waals surface area contributed by atoms with E-state index in [1.54, 1.807) is 37.7 Å². The zero-order chi connectivity index (χ0) is 19.5. The van der Waals surface area contributed by atoms with Gasteiger partial charge in [-0.1, -0.05) is 12.1 Å². The van der Waals surface area contributed by atoms with Crippen molar-refractivity contribution in [2.24, 2.45) is 0 Å². The predicted molar refractivity (Wildman–Crippen MR) is 112 cm³/mol. The smallest absolute Gasteiger partial charge is 0.247 e. The zero-order valence-electron chi connectivity index (χ0n) is 15.9. The average Bonchev–Trinajstić information content (AvgIpc) is 3.38. The van der Waals surface area contributed by atoms with Crippen LogP contribution in [0.25, 0.3) is 16.3 Å². The highest BCUT2D eigenvalue weighted by atomic mass is 32.1. The van der Waals surface area contributed by atoms with Crippen LogP contribution in [0, 0.1) is 0 Å². The fraction of sp³-hybridized carbons (Fsp3) is 0.273. The highest BCUT2D eigenvalue weighted by Gasteiger charge is 2.31. The van der Waals surface area contributed by atoms with E-state index in [2.05, 4.69) is 6.07 Å². The molecular formula is C22H22N2O3S. The van der Waals surface area contributed by atoms with Crippen LogP contribution in [0.3, 0.4) is 0 Å². The highest BCUT2D eigenvalue weighted by molar-refractivity contribution is 7.18. The van der Waals surface area contributed by atoms with Gasteiger partial charge in [-0.25, -0.2) is 4.98 Å². The molecule has 5 nitrogen and oxygen atoms in total. The summed E-state index contributed by atoms with van der Waals surface area (Å²) in [5.74, 6) is 1.42. The number of methoxy groups -OCH3 is 2. The Bertz CT molecular complexity index is 995. The van der Waals surface area contributed by atoms with Crippen molar-refractivity contribution in [3.05, 3.63) is 59.1 Å². The van der Waals surface area contributed by atoms with E-state index in [0.717, 1.165) is 45.9 Å². The first-order chi connectivity index (χ1) is 13.7. The Labute approximate surface area is 168 Å². The van der Waals surface area contributed by atoms with Gasteiger partial charge in [0.25, 0.3) is 0 Å². The molecule has 0 bridgehead atoms. The van der Waals surface area contributed by atoms with Gasteiger partial charge in [0.1, 0.15) is 16.5 Å². The first-order valence-electron chi connectivity index (χ1n) is 9.26. The number of carbonyl (C=O) groups excluding carboxylic acids is 1. The number of hydrogen-bond donors (Lipinski definition) is 0. The maximum absolute atomic E-state index is 12.9. The van der Waals surface area contributed by atoms with Gasteiger partial charge in [-0.2, -0.15) is 0 Å². The number of ether oxygens (including phenoxy) is 2. The molecule has 1 aromatic heterocycles. The third-order valence-electron chi connectivity index (χ3n) is 4.97. The Morgan fingerprint density at radius 1 is 1.21 bits per heavy atom. The summed E-state index contributed by atoms with van der Waals surface area (Å²) in [4.78, 5) is 19.6. The van der Waals surface area contributed by atoms with E-state index in [1.807, 2.05) is 41.3 Å². The van der Waals surface area contributed by atoms with Crippen molar-refractivity contribution in [1.29, 1.82) is 0 Å². The molecule has 1 unspecified atom stereocenters. The molecule has 0 spiro atoms. The van der Waals surface area contributed by atoms with E-state index >= 15 is 0 Å². The fourth-order valence-corrected chi connectivity index (χ4v) is 4.66. The summed E-state index contributed by atoms with van der Waals surface area (Å²) in [6.45, 7) is 0.749. The van der Waals surface area contributed by atoms with Crippen molar-refractivity contribution in [2.75, 3.05) is 20.8 Å². The van der Waals surface area contributed by atoms with Crippen LogP contribution in [0.15, 0.2) is 48.5 Å². The Morgan fingerprint density at radius 3 is 2.86 bits per heavy atom. The molecule has 2 aromatic carbocycles. The first-order valence-corrected chi connectivity index (χ1v) is 10.1. The number of benzene rings is 2. The number of rotatable bonds is 5. The lowest BCUT2D eigenvalue weighted by Gasteiger charge is -2.21. The molecule has 0 aliphatic carbocycles. The monoisotopic (exact) mass is 394 g/mol. The Hall–Kier alpha value is -2.86. The molecule has 28 heavy (non-hydrogen) atoms. The second-order valence-corrected chi connectivity index (χ2v) is 7.71. The highest BCUT2D eigenvalue weighted by Crippen LogP contribution is 2.36. The van der Waals surface area contributed by atoms with Gasteiger partial charge >= 0.3 is 0 Å². The van der Waals surface area contributed by atoms with Gasteiger partial charge in [-0.15, -0.1) is 11.3 Å². The molecule has 1 amide bonds. The summed E-state index contributed by atoms with van der Waals surface area (Å²) in [5.41, 5.74) is 1.81. The summed E-state index contributed by atoms with van der Waals surface area (Å²) >= 11 is 1.68. The van der Waals surface area contributed by atoms with E-state index in [-0.39, 0.29) is 11.9 Å². The number of aromatic nitrogens is 1. The maximum atomic E-state index is 12.9. The van der Waals surface area contributed by atoms with Crippen molar-refractivity contribution in [3.63, 3.8) is 0 Å². The van der Waals surface area contributed by atoms with E-state index in [9.17, 15) is 4.79 Å². The minimum atomic E-state index is -0.00775. The number of amides is 1. The molecule has 2 heterocycles. The van der Waals surface area contributed by atoms with Crippen molar-refractivity contribution in [3.8, 4) is 11.5 Å². The third kappa shape index (κ3) is 3.60. The predicted octanol–water partition coefficient (Wildman–Crippen LogP) is 4.69. The van der Waals surface area contributed by atoms with Gasteiger partial charge in [0, 0.05) is 18.2 Å². The van der Waals surface area contributed by atoms with Crippen LogP contribution in [-0.4, -0.2) is 36.6 Å². The van der Waals surface area contributed by atoms with Crippen LogP contribution in [0.2, 0.25) is 0 Å². The van der Waals surface area contributed by atoms with E-state index in [4.69, 9.17) is 14.5 Å². The Balaban J connectivity index is 1.56. The van der Waals surface area contributed by atoms with Crippen LogP contribution in [0.5, 0.6) is 11.5 Å². The number of likely N-dealkylation sites (tertiary alicyclic amines) is 1. The van der Waals surface area contributed by atoms with Crippen LogP contribution in [0.4, 0.5) is 0 Å². The molecule has 4 rings (SSSR count). The molecule has 1 saturated heterocycles. The number of thiazole rings is 1. The van der Waals surface area contributed by atoms with E-state index in [0.29, 0.717) is 5.75 Å². The Kier molecular flexibility index (Phi) is 5.30. The summed E-state index contributed by atoms with van der Waals surface area (Å²) in [6, 6.07) is 13.7.